The van der Waals surface area contributed by atoms with Crippen molar-refractivity contribution < 1.29 is 19.1 Å². The largest absolute Gasteiger partial charge is 0.505 e. The zero-order chi connectivity index (χ0) is 20.4. The Balaban J connectivity index is 1.79. The van der Waals surface area contributed by atoms with Gasteiger partial charge in [-0.25, -0.2) is 9.78 Å². The van der Waals surface area contributed by atoms with Gasteiger partial charge in [-0.05, 0) is 43.3 Å². The number of hydrogen-bond donors (Lipinski definition) is 2. The molecule has 0 aliphatic rings. The number of aryl methyl sites for hydroxylation is 1. The number of anilines is 1. The van der Waals surface area contributed by atoms with Crippen LogP contribution < -0.4 is 5.32 Å². The lowest BCUT2D eigenvalue weighted by Gasteiger charge is -2.20. The number of furan rings is 1. The molecule has 6 heteroatoms. The summed E-state index contributed by atoms with van der Waals surface area (Å²) in [5, 5.41) is 15.2. The Bertz CT molecular complexity index is 1170. The minimum absolute atomic E-state index is 0.0872. The number of nitrogens with one attached hydrogen (secondary N) is 1. The van der Waals surface area contributed by atoms with Gasteiger partial charge in [0, 0.05) is 22.3 Å². The molecule has 0 saturated heterocycles. The molecule has 4 aromatic rings. The number of carbonyl (C=O) groups is 1. The molecule has 0 bridgehead atoms. The van der Waals surface area contributed by atoms with Crippen molar-refractivity contribution in [3.63, 3.8) is 0 Å². The van der Waals surface area contributed by atoms with Crippen LogP contribution in [-0.4, -0.2) is 23.2 Å². The molecule has 2 aromatic carbocycles. The second kappa shape index (κ2) is 7.67. The molecule has 6 nitrogen and oxygen atoms in total. The van der Waals surface area contributed by atoms with Crippen LogP contribution in [0.25, 0.3) is 10.9 Å². The maximum Gasteiger partial charge on any atom is 0.337 e. The predicted molar refractivity (Wildman–Crippen MR) is 110 cm³/mol. The smallest absolute Gasteiger partial charge is 0.337 e. The van der Waals surface area contributed by atoms with Gasteiger partial charge in [-0.3, -0.25) is 0 Å². The number of aromatic hydroxyl groups is 1. The summed E-state index contributed by atoms with van der Waals surface area (Å²) in [5.74, 6) is 0.288. The van der Waals surface area contributed by atoms with Crippen molar-refractivity contribution in [1.29, 1.82) is 0 Å². The summed E-state index contributed by atoms with van der Waals surface area (Å²) in [7, 11) is 1.34. The first-order chi connectivity index (χ1) is 14.1. The maximum atomic E-state index is 11.9. The van der Waals surface area contributed by atoms with E-state index in [0.29, 0.717) is 28.1 Å². The monoisotopic (exact) mass is 388 g/mol. The van der Waals surface area contributed by atoms with E-state index in [4.69, 9.17) is 9.15 Å². The highest BCUT2D eigenvalue weighted by molar-refractivity contribution is 5.90. The van der Waals surface area contributed by atoms with Gasteiger partial charge < -0.3 is 19.6 Å². The average Bonchev–Trinajstić information content (AvgIpc) is 3.27. The topological polar surface area (TPSA) is 84.6 Å². The first-order valence-electron chi connectivity index (χ1n) is 9.14. The van der Waals surface area contributed by atoms with E-state index in [1.807, 2.05) is 43.3 Å². The molecular formula is C23H20N2O4. The molecule has 0 aliphatic heterocycles. The van der Waals surface area contributed by atoms with E-state index in [2.05, 4.69) is 10.3 Å². The molecule has 0 amide bonds. The van der Waals surface area contributed by atoms with Gasteiger partial charge >= 0.3 is 5.97 Å². The maximum absolute atomic E-state index is 11.9. The minimum Gasteiger partial charge on any atom is -0.505 e. The SMILES string of the molecule is COC(=O)c1cccc(NC(c2ccco2)c2ccc3ccc(C)nc3c2O)c1. The van der Waals surface area contributed by atoms with Crippen molar-refractivity contribution >= 4 is 22.6 Å². The van der Waals surface area contributed by atoms with Crippen LogP contribution in [0.2, 0.25) is 0 Å². The second-order valence-electron chi connectivity index (χ2n) is 6.69. The summed E-state index contributed by atoms with van der Waals surface area (Å²) < 4.78 is 10.4. The standard InChI is InChI=1S/C23H20N2O4/c1-14-8-9-15-10-11-18(22(26)20(15)24-14)21(19-7-4-12-29-19)25-17-6-3-5-16(13-17)23(27)28-2/h3-13,21,25-26H,1-2H3. The normalized spacial score (nSPS) is 11.9. The quantitative estimate of drug-likeness (QED) is 0.477. The number of methoxy groups -OCH3 is 1. The summed E-state index contributed by atoms with van der Waals surface area (Å²) in [5.41, 5.74) is 3.08. The van der Waals surface area contributed by atoms with Gasteiger partial charge in [0.2, 0.25) is 0 Å². The molecule has 2 N–H and O–H groups in total. The third kappa shape index (κ3) is 3.65. The Labute approximate surface area is 167 Å². The van der Waals surface area contributed by atoms with E-state index < -0.39 is 12.0 Å². The van der Waals surface area contributed by atoms with Gasteiger partial charge in [0.15, 0.2) is 0 Å². The third-order valence-electron chi connectivity index (χ3n) is 4.74. The van der Waals surface area contributed by atoms with Crippen LogP contribution in [0.1, 0.15) is 33.4 Å². The Kier molecular flexibility index (Phi) is 4.91. The van der Waals surface area contributed by atoms with Gasteiger partial charge in [0.05, 0.1) is 18.9 Å². The zero-order valence-electron chi connectivity index (χ0n) is 16.0. The van der Waals surface area contributed by atoms with Crippen LogP contribution in [0, 0.1) is 6.92 Å². The van der Waals surface area contributed by atoms with Gasteiger partial charge in [-0.15, -0.1) is 0 Å². The van der Waals surface area contributed by atoms with Crippen LogP contribution in [0.4, 0.5) is 5.69 Å². The summed E-state index contributed by atoms with van der Waals surface area (Å²) in [6, 6.07) is 17.7. The molecule has 1 atom stereocenters. The van der Waals surface area contributed by atoms with Crippen LogP contribution in [-0.2, 0) is 4.74 Å². The van der Waals surface area contributed by atoms with E-state index in [1.54, 1.807) is 30.5 Å². The van der Waals surface area contributed by atoms with Gasteiger partial charge in [0.1, 0.15) is 23.1 Å². The van der Waals surface area contributed by atoms with Crippen molar-refractivity contribution in [1.82, 2.24) is 4.98 Å². The summed E-state index contributed by atoms with van der Waals surface area (Å²) in [6.45, 7) is 1.88. The average molecular weight is 388 g/mol. The van der Waals surface area contributed by atoms with Crippen LogP contribution in [0.5, 0.6) is 5.75 Å². The lowest BCUT2D eigenvalue weighted by Crippen LogP contribution is -2.13. The number of hydrogen-bond acceptors (Lipinski definition) is 6. The number of phenolic OH excluding ortho intramolecular Hbond substituents is 1. The van der Waals surface area contributed by atoms with Crippen molar-refractivity contribution in [2.45, 2.75) is 13.0 Å². The second-order valence-corrected chi connectivity index (χ2v) is 6.69. The number of esters is 1. The number of fused-ring (bicyclic) bond motifs is 1. The number of pyridine rings is 1. The summed E-state index contributed by atoms with van der Waals surface area (Å²) >= 11 is 0. The Morgan fingerprint density at radius 1 is 1.14 bits per heavy atom. The number of benzene rings is 2. The molecule has 1 unspecified atom stereocenters. The predicted octanol–water partition coefficient (Wildman–Crippen LogP) is 4.83. The highest BCUT2D eigenvalue weighted by Gasteiger charge is 2.22. The van der Waals surface area contributed by atoms with E-state index in [0.717, 1.165) is 11.1 Å². The third-order valence-corrected chi connectivity index (χ3v) is 4.74. The fraction of sp³-hybridized carbons (Fsp3) is 0.130. The highest BCUT2D eigenvalue weighted by Crippen LogP contribution is 2.37. The molecule has 0 aliphatic carbocycles. The number of rotatable bonds is 5. The van der Waals surface area contributed by atoms with Crippen LogP contribution in [0.3, 0.4) is 0 Å². The highest BCUT2D eigenvalue weighted by atomic mass is 16.5. The van der Waals surface area contributed by atoms with Crippen molar-refractivity contribution in [2.24, 2.45) is 0 Å². The number of ether oxygens (including phenoxy) is 1. The molecule has 146 valence electrons. The summed E-state index contributed by atoms with van der Waals surface area (Å²) in [6.07, 6.45) is 1.58. The summed E-state index contributed by atoms with van der Waals surface area (Å²) in [4.78, 5) is 16.4. The Morgan fingerprint density at radius 2 is 1.97 bits per heavy atom. The number of aromatic nitrogens is 1. The molecule has 4 rings (SSSR count). The minimum atomic E-state index is -0.482. The van der Waals surface area contributed by atoms with Crippen LogP contribution >= 0.6 is 0 Å². The molecule has 2 aromatic heterocycles. The molecule has 2 heterocycles. The number of phenols is 1. The first kappa shape index (κ1) is 18.6. The van der Waals surface area contributed by atoms with Crippen LogP contribution in [0.15, 0.2) is 71.3 Å². The fourth-order valence-corrected chi connectivity index (χ4v) is 3.30. The Hall–Kier alpha value is -3.80. The molecule has 0 fully saturated rings. The number of carbonyl (C=O) groups excluding carboxylic acids is 1. The van der Waals surface area contributed by atoms with E-state index in [9.17, 15) is 9.90 Å². The lowest BCUT2D eigenvalue weighted by molar-refractivity contribution is 0.0601. The molecular weight excluding hydrogens is 368 g/mol. The van der Waals surface area contributed by atoms with E-state index in [1.165, 1.54) is 7.11 Å². The van der Waals surface area contributed by atoms with Gasteiger partial charge in [-0.2, -0.15) is 0 Å². The molecule has 0 spiro atoms. The molecule has 29 heavy (non-hydrogen) atoms. The van der Waals surface area contributed by atoms with E-state index >= 15 is 0 Å². The van der Waals surface area contributed by atoms with E-state index in [-0.39, 0.29) is 5.75 Å². The van der Waals surface area contributed by atoms with Gasteiger partial charge in [-0.1, -0.05) is 24.3 Å². The lowest BCUT2D eigenvalue weighted by atomic mass is 10.00. The van der Waals surface area contributed by atoms with Crippen molar-refractivity contribution in [2.75, 3.05) is 12.4 Å². The van der Waals surface area contributed by atoms with Crippen molar-refractivity contribution in [3.8, 4) is 5.75 Å². The fourth-order valence-electron chi connectivity index (χ4n) is 3.30. The first-order valence-corrected chi connectivity index (χ1v) is 9.14. The van der Waals surface area contributed by atoms with Gasteiger partial charge in [0.25, 0.3) is 0 Å². The molecule has 0 radical (unpaired) electrons. The molecule has 0 saturated carbocycles. The number of nitrogens with zero attached hydrogens (tertiary/aromatic N) is 1. The Morgan fingerprint density at radius 3 is 2.72 bits per heavy atom. The van der Waals surface area contributed by atoms with Crippen molar-refractivity contribution in [3.05, 3.63) is 89.5 Å². The zero-order valence-corrected chi connectivity index (χ0v) is 16.0.